The Labute approximate surface area is 104 Å². The molecule has 0 amide bonds. The maximum Gasteiger partial charge on any atom is 0.229 e. The van der Waals surface area contributed by atoms with Crippen LogP contribution >= 0.6 is 0 Å². The molecule has 1 fully saturated rings. The van der Waals surface area contributed by atoms with E-state index in [0.29, 0.717) is 5.76 Å². The van der Waals surface area contributed by atoms with Gasteiger partial charge in [0.1, 0.15) is 11.9 Å². The van der Waals surface area contributed by atoms with Gasteiger partial charge in [0.2, 0.25) is 5.78 Å². The van der Waals surface area contributed by atoms with Crippen molar-refractivity contribution in [1.82, 2.24) is 0 Å². The average Bonchev–Trinajstić information content (AvgIpc) is 3.03. The molecule has 4 heteroatoms. The van der Waals surface area contributed by atoms with Gasteiger partial charge in [-0.25, -0.2) is 0 Å². The largest absolute Gasteiger partial charge is 0.497 e. The van der Waals surface area contributed by atoms with E-state index in [-0.39, 0.29) is 11.9 Å². The van der Waals surface area contributed by atoms with Crippen LogP contribution in [0.2, 0.25) is 0 Å². The fourth-order valence-electron chi connectivity index (χ4n) is 1.94. The first-order valence-corrected chi connectivity index (χ1v) is 5.67. The molecule has 92 valence electrons. The lowest BCUT2D eigenvalue weighted by molar-refractivity contribution is 0.0926. The summed E-state index contributed by atoms with van der Waals surface area (Å²) in [5.74, 6) is 0.977. The Bertz CT molecular complexity index is 559. The highest BCUT2D eigenvalue weighted by molar-refractivity contribution is 5.99. The normalized spacial score (nSPS) is 21.6. The van der Waals surface area contributed by atoms with Crippen LogP contribution in [0.15, 0.2) is 47.1 Å². The lowest BCUT2D eigenvalue weighted by Crippen LogP contribution is -2.06. The molecule has 1 aliphatic rings. The molecule has 0 bridgehead atoms. The second kappa shape index (κ2) is 4.31. The topological polar surface area (TPSA) is 52.0 Å². The smallest absolute Gasteiger partial charge is 0.229 e. The Hall–Kier alpha value is -2.07. The number of epoxide rings is 1. The third-order valence-corrected chi connectivity index (χ3v) is 2.94. The van der Waals surface area contributed by atoms with Gasteiger partial charge < -0.3 is 13.9 Å². The number of Topliss-reactive ketones (excluding diaryl/α,β-unsaturated/α-hetero) is 1. The zero-order valence-electron chi connectivity index (χ0n) is 9.83. The molecule has 1 aromatic carbocycles. The minimum Gasteiger partial charge on any atom is -0.497 e. The molecule has 0 N–H and O–H groups in total. The first kappa shape index (κ1) is 11.0. The molecule has 2 heterocycles. The number of ether oxygens (including phenoxy) is 2. The summed E-state index contributed by atoms with van der Waals surface area (Å²) in [6.07, 6.45) is 0.844. The van der Waals surface area contributed by atoms with Crippen molar-refractivity contribution in [3.05, 3.63) is 54.0 Å². The molecule has 2 atom stereocenters. The van der Waals surface area contributed by atoms with Crippen molar-refractivity contribution in [2.24, 2.45) is 0 Å². The van der Waals surface area contributed by atoms with Gasteiger partial charge in [-0.05, 0) is 29.8 Å². The number of carbonyl (C=O) groups excluding carboxylic acids is 1. The van der Waals surface area contributed by atoms with E-state index in [1.54, 1.807) is 19.2 Å². The standard InChI is InChI=1S/C14H12O4/c1-16-10-5-2-4-9(8-10)13-14(18-13)12(15)11-6-3-7-17-11/h2-8,13-14H,1H3. The van der Waals surface area contributed by atoms with Gasteiger partial charge in [0.05, 0.1) is 13.4 Å². The maximum absolute atomic E-state index is 12.0. The highest BCUT2D eigenvalue weighted by Gasteiger charge is 2.47. The molecule has 2 unspecified atom stereocenters. The number of hydrogen-bond donors (Lipinski definition) is 0. The van der Waals surface area contributed by atoms with Crippen LogP contribution in [-0.4, -0.2) is 19.0 Å². The Morgan fingerprint density at radius 1 is 1.28 bits per heavy atom. The second-order valence-corrected chi connectivity index (χ2v) is 4.10. The summed E-state index contributed by atoms with van der Waals surface area (Å²) in [6.45, 7) is 0. The van der Waals surface area contributed by atoms with E-state index >= 15 is 0 Å². The van der Waals surface area contributed by atoms with E-state index < -0.39 is 6.10 Å². The van der Waals surface area contributed by atoms with Gasteiger partial charge in [0.25, 0.3) is 0 Å². The van der Waals surface area contributed by atoms with E-state index in [0.717, 1.165) is 11.3 Å². The van der Waals surface area contributed by atoms with Crippen LogP contribution in [0.25, 0.3) is 0 Å². The van der Waals surface area contributed by atoms with Crippen LogP contribution in [0.4, 0.5) is 0 Å². The predicted molar refractivity (Wildman–Crippen MR) is 63.6 cm³/mol. The molecular weight excluding hydrogens is 232 g/mol. The quantitative estimate of drug-likeness (QED) is 0.612. The zero-order valence-corrected chi connectivity index (χ0v) is 9.83. The minimum atomic E-state index is -0.441. The first-order chi connectivity index (χ1) is 8.79. The van der Waals surface area contributed by atoms with E-state index in [9.17, 15) is 4.79 Å². The van der Waals surface area contributed by atoms with Crippen LogP contribution < -0.4 is 4.74 Å². The molecule has 4 nitrogen and oxygen atoms in total. The van der Waals surface area contributed by atoms with Crippen LogP contribution in [0.5, 0.6) is 5.75 Å². The van der Waals surface area contributed by atoms with Gasteiger partial charge in [-0.3, -0.25) is 4.79 Å². The second-order valence-electron chi connectivity index (χ2n) is 4.10. The molecule has 0 saturated carbocycles. The minimum absolute atomic E-state index is 0.118. The lowest BCUT2D eigenvalue weighted by Gasteiger charge is -2.01. The van der Waals surface area contributed by atoms with E-state index in [1.165, 1.54) is 6.26 Å². The summed E-state index contributed by atoms with van der Waals surface area (Å²) in [5, 5.41) is 0. The summed E-state index contributed by atoms with van der Waals surface area (Å²) in [7, 11) is 1.61. The monoisotopic (exact) mass is 244 g/mol. The molecule has 3 rings (SSSR count). The molecular formula is C14H12O4. The molecule has 0 radical (unpaired) electrons. The summed E-state index contributed by atoms with van der Waals surface area (Å²) in [5.41, 5.74) is 0.944. The van der Waals surface area contributed by atoms with Crippen LogP contribution in [-0.2, 0) is 4.74 Å². The zero-order chi connectivity index (χ0) is 12.5. The third kappa shape index (κ3) is 1.91. The van der Waals surface area contributed by atoms with Gasteiger partial charge in [0, 0.05) is 0 Å². The molecule has 2 aromatic rings. The summed E-state index contributed by atoms with van der Waals surface area (Å²) < 4.78 is 15.6. The molecule has 1 aliphatic heterocycles. The van der Waals surface area contributed by atoms with Crippen molar-refractivity contribution in [1.29, 1.82) is 0 Å². The van der Waals surface area contributed by atoms with Crippen molar-refractivity contribution in [3.63, 3.8) is 0 Å². The van der Waals surface area contributed by atoms with Gasteiger partial charge in [-0.1, -0.05) is 12.1 Å². The number of carbonyl (C=O) groups is 1. The highest BCUT2D eigenvalue weighted by atomic mass is 16.6. The lowest BCUT2D eigenvalue weighted by atomic mass is 10.1. The molecule has 18 heavy (non-hydrogen) atoms. The molecule has 1 aromatic heterocycles. The highest BCUT2D eigenvalue weighted by Crippen LogP contribution is 2.41. The number of rotatable bonds is 4. The Morgan fingerprint density at radius 2 is 2.17 bits per heavy atom. The number of benzene rings is 1. The van der Waals surface area contributed by atoms with Crippen molar-refractivity contribution >= 4 is 5.78 Å². The average molecular weight is 244 g/mol. The molecule has 0 aliphatic carbocycles. The Balaban J connectivity index is 1.75. The maximum atomic E-state index is 12.0. The van der Waals surface area contributed by atoms with Gasteiger partial charge in [-0.2, -0.15) is 0 Å². The van der Waals surface area contributed by atoms with Crippen LogP contribution in [0.1, 0.15) is 22.2 Å². The Morgan fingerprint density at radius 3 is 2.89 bits per heavy atom. The summed E-state index contributed by atoms with van der Waals surface area (Å²) >= 11 is 0. The van der Waals surface area contributed by atoms with Crippen molar-refractivity contribution in [2.45, 2.75) is 12.2 Å². The fraction of sp³-hybridized carbons (Fsp3) is 0.214. The summed E-state index contributed by atoms with van der Waals surface area (Å²) in [6, 6.07) is 10.9. The number of hydrogen-bond acceptors (Lipinski definition) is 4. The number of furan rings is 1. The van der Waals surface area contributed by atoms with Gasteiger partial charge in [-0.15, -0.1) is 0 Å². The van der Waals surface area contributed by atoms with Gasteiger partial charge in [0.15, 0.2) is 11.9 Å². The van der Waals surface area contributed by atoms with Crippen molar-refractivity contribution < 1.29 is 18.7 Å². The van der Waals surface area contributed by atoms with Crippen LogP contribution in [0, 0.1) is 0 Å². The third-order valence-electron chi connectivity index (χ3n) is 2.94. The van der Waals surface area contributed by atoms with E-state index in [2.05, 4.69) is 0 Å². The van der Waals surface area contributed by atoms with E-state index in [4.69, 9.17) is 13.9 Å². The van der Waals surface area contributed by atoms with E-state index in [1.807, 2.05) is 24.3 Å². The first-order valence-electron chi connectivity index (χ1n) is 5.67. The van der Waals surface area contributed by atoms with Crippen molar-refractivity contribution in [2.75, 3.05) is 7.11 Å². The SMILES string of the molecule is COc1cccc(C2OC2C(=O)c2ccco2)c1. The van der Waals surface area contributed by atoms with Crippen LogP contribution in [0.3, 0.4) is 0 Å². The predicted octanol–water partition coefficient (Wildman–Crippen LogP) is 2.61. The molecule has 0 spiro atoms. The fourth-order valence-corrected chi connectivity index (χ4v) is 1.94. The van der Waals surface area contributed by atoms with Gasteiger partial charge >= 0.3 is 0 Å². The number of methoxy groups -OCH3 is 1. The van der Waals surface area contributed by atoms with Crippen molar-refractivity contribution in [3.8, 4) is 5.75 Å². The Kier molecular flexibility index (Phi) is 2.64. The molecule has 1 saturated heterocycles. The summed E-state index contributed by atoms with van der Waals surface area (Å²) in [4.78, 5) is 12.0. The number of ketones is 1.